The number of aryl methyl sites for hydroxylation is 1. The maximum atomic E-state index is 12.0. The van der Waals surface area contributed by atoms with E-state index in [1.165, 1.54) is 26.3 Å². The molecule has 0 aliphatic heterocycles. The first-order valence-corrected chi connectivity index (χ1v) is 8.03. The van der Waals surface area contributed by atoms with Crippen LogP contribution in [0.15, 0.2) is 37.8 Å². The zero-order valence-electron chi connectivity index (χ0n) is 11.1. The molecule has 0 fully saturated rings. The number of hydrogen-bond donors (Lipinski definition) is 1. The molecule has 20 heavy (non-hydrogen) atoms. The standard InChI is InChI=1S/C13H16BrN3O2S/c1-2-16-5-3-12(18)17(13(16)19)6-4-15-8-11-7-10(14)9-20-11/h3,5,7,9,15H,2,4,6,8H2,1H3. The average molecular weight is 358 g/mol. The number of nitrogens with one attached hydrogen (secondary N) is 1. The zero-order valence-corrected chi connectivity index (χ0v) is 13.5. The van der Waals surface area contributed by atoms with Crippen molar-refractivity contribution in [1.82, 2.24) is 14.5 Å². The van der Waals surface area contributed by atoms with Gasteiger partial charge in [0.2, 0.25) is 0 Å². The summed E-state index contributed by atoms with van der Waals surface area (Å²) < 4.78 is 3.86. The summed E-state index contributed by atoms with van der Waals surface area (Å²) in [5.74, 6) is 0. The summed E-state index contributed by atoms with van der Waals surface area (Å²) in [5, 5.41) is 5.26. The SMILES string of the molecule is CCn1ccc(=O)n(CCNCc2cc(Br)cs2)c1=O. The van der Waals surface area contributed by atoms with Crippen LogP contribution in [0.4, 0.5) is 0 Å². The van der Waals surface area contributed by atoms with E-state index in [4.69, 9.17) is 0 Å². The Labute approximate surface area is 129 Å². The molecule has 2 aromatic heterocycles. The predicted octanol–water partition coefficient (Wildman–Crippen LogP) is 1.64. The zero-order chi connectivity index (χ0) is 14.5. The van der Waals surface area contributed by atoms with Gasteiger partial charge in [-0.2, -0.15) is 0 Å². The van der Waals surface area contributed by atoms with Crippen molar-refractivity contribution in [3.63, 3.8) is 0 Å². The Bertz CT molecular complexity index is 689. The van der Waals surface area contributed by atoms with Gasteiger partial charge in [0.1, 0.15) is 0 Å². The molecule has 0 aliphatic carbocycles. The van der Waals surface area contributed by atoms with Gasteiger partial charge in [-0.25, -0.2) is 4.79 Å². The van der Waals surface area contributed by atoms with Gasteiger partial charge in [0.25, 0.3) is 5.56 Å². The third-order valence-corrected chi connectivity index (χ3v) is 4.61. The maximum absolute atomic E-state index is 12.0. The van der Waals surface area contributed by atoms with Crippen molar-refractivity contribution >= 4 is 27.3 Å². The van der Waals surface area contributed by atoms with E-state index in [2.05, 4.69) is 27.3 Å². The molecule has 1 N–H and O–H groups in total. The van der Waals surface area contributed by atoms with Crippen LogP contribution in [0.1, 0.15) is 11.8 Å². The number of halogens is 1. The van der Waals surface area contributed by atoms with E-state index in [-0.39, 0.29) is 11.2 Å². The van der Waals surface area contributed by atoms with Crippen LogP contribution < -0.4 is 16.6 Å². The minimum absolute atomic E-state index is 0.249. The Hall–Kier alpha value is -1.18. The van der Waals surface area contributed by atoms with Gasteiger partial charge in [0.05, 0.1) is 0 Å². The summed E-state index contributed by atoms with van der Waals surface area (Å²) in [4.78, 5) is 24.9. The first kappa shape index (κ1) is 15.2. The van der Waals surface area contributed by atoms with Crippen molar-refractivity contribution in [2.24, 2.45) is 0 Å². The largest absolute Gasteiger partial charge is 0.330 e. The molecule has 0 amide bonds. The van der Waals surface area contributed by atoms with Gasteiger partial charge in [-0.05, 0) is 28.9 Å². The quantitative estimate of drug-likeness (QED) is 0.799. The van der Waals surface area contributed by atoms with Crippen LogP contribution in [0.5, 0.6) is 0 Å². The van der Waals surface area contributed by atoms with E-state index in [1.54, 1.807) is 11.3 Å². The van der Waals surface area contributed by atoms with Crippen LogP contribution in [-0.2, 0) is 19.6 Å². The molecule has 0 unspecified atom stereocenters. The van der Waals surface area contributed by atoms with E-state index >= 15 is 0 Å². The van der Waals surface area contributed by atoms with Crippen molar-refractivity contribution in [3.05, 3.63) is 53.9 Å². The molecule has 0 radical (unpaired) electrons. The molecule has 0 saturated carbocycles. The number of thiophene rings is 1. The van der Waals surface area contributed by atoms with E-state index < -0.39 is 0 Å². The minimum atomic E-state index is -0.250. The van der Waals surface area contributed by atoms with Crippen molar-refractivity contribution in [2.45, 2.75) is 26.6 Å². The highest BCUT2D eigenvalue weighted by Crippen LogP contribution is 2.19. The molecule has 0 aliphatic rings. The minimum Gasteiger partial charge on any atom is -0.310 e. The van der Waals surface area contributed by atoms with Gasteiger partial charge in [0.15, 0.2) is 0 Å². The lowest BCUT2D eigenvalue weighted by molar-refractivity contribution is 0.532. The third kappa shape index (κ3) is 3.68. The molecule has 5 nitrogen and oxygen atoms in total. The predicted molar refractivity (Wildman–Crippen MR) is 84.4 cm³/mol. The molecule has 0 atom stereocenters. The van der Waals surface area contributed by atoms with Crippen molar-refractivity contribution < 1.29 is 0 Å². The maximum Gasteiger partial charge on any atom is 0.330 e. The van der Waals surface area contributed by atoms with Gasteiger partial charge in [-0.3, -0.25) is 9.36 Å². The summed E-state index contributed by atoms with van der Waals surface area (Å²) in [6, 6.07) is 3.48. The van der Waals surface area contributed by atoms with Crippen LogP contribution in [-0.4, -0.2) is 15.7 Å². The normalized spacial score (nSPS) is 10.9. The molecular formula is C13H16BrN3O2S. The fourth-order valence-corrected chi connectivity index (χ4v) is 3.27. The van der Waals surface area contributed by atoms with Crippen LogP contribution >= 0.6 is 27.3 Å². The van der Waals surface area contributed by atoms with E-state index in [0.29, 0.717) is 19.6 Å². The summed E-state index contributed by atoms with van der Waals surface area (Å²) in [6.07, 6.45) is 1.54. The van der Waals surface area contributed by atoms with Crippen LogP contribution in [0.2, 0.25) is 0 Å². The number of hydrogen-bond acceptors (Lipinski definition) is 4. The second kappa shape index (κ2) is 7.01. The lowest BCUT2D eigenvalue weighted by Crippen LogP contribution is -2.40. The second-order valence-electron chi connectivity index (χ2n) is 4.28. The topological polar surface area (TPSA) is 56.0 Å². The molecule has 7 heteroatoms. The molecular weight excluding hydrogens is 342 g/mol. The highest BCUT2D eigenvalue weighted by molar-refractivity contribution is 9.10. The van der Waals surface area contributed by atoms with Gasteiger partial charge >= 0.3 is 5.69 Å². The first-order valence-electron chi connectivity index (χ1n) is 6.35. The van der Waals surface area contributed by atoms with E-state index in [1.807, 2.05) is 12.3 Å². The molecule has 0 spiro atoms. The van der Waals surface area contributed by atoms with Gasteiger partial charge < -0.3 is 9.88 Å². The summed E-state index contributed by atoms with van der Waals surface area (Å²) in [5.41, 5.74) is -0.499. The summed E-state index contributed by atoms with van der Waals surface area (Å²) >= 11 is 5.07. The Morgan fingerprint density at radius 3 is 2.85 bits per heavy atom. The fraction of sp³-hybridized carbons (Fsp3) is 0.385. The van der Waals surface area contributed by atoms with Gasteiger partial charge in [-0.15, -0.1) is 11.3 Å². The van der Waals surface area contributed by atoms with Crippen LogP contribution in [0.25, 0.3) is 0 Å². The molecule has 2 heterocycles. The van der Waals surface area contributed by atoms with E-state index in [9.17, 15) is 9.59 Å². The van der Waals surface area contributed by atoms with Crippen molar-refractivity contribution in [3.8, 4) is 0 Å². The average Bonchev–Trinajstić information content (AvgIpc) is 2.83. The monoisotopic (exact) mass is 357 g/mol. The highest BCUT2D eigenvalue weighted by atomic mass is 79.9. The smallest absolute Gasteiger partial charge is 0.310 e. The first-order chi connectivity index (χ1) is 9.61. The fourth-order valence-electron chi connectivity index (χ4n) is 1.85. The van der Waals surface area contributed by atoms with Crippen molar-refractivity contribution in [2.75, 3.05) is 6.54 Å². The Morgan fingerprint density at radius 2 is 2.20 bits per heavy atom. The van der Waals surface area contributed by atoms with Gasteiger partial charge in [-0.1, -0.05) is 0 Å². The lowest BCUT2D eigenvalue weighted by Gasteiger charge is -2.08. The summed E-state index contributed by atoms with van der Waals surface area (Å²) in [6.45, 7) is 4.14. The molecule has 108 valence electrons. The van der Waals surface area contributed by atoms with Crippen molar-refractivity contribution in [1.29, 1.82) is 0 Å². The third-order valence-electron chi connectivity index (χ3n) is 2.91. The van der Waals surface area contributed by atoms with E-state index in [0.717, 1.165) is 11.0 Å². The lowest BCUT2D eigenvalue weighted by atomic mass is 10.4. The van der Waals surface area contributed by atoms with Crippen LogP contribution in [0, 0.1) is 0 Å². The number of aromatic nitrogens is 2. The highest BCUT2D eigenvalue weighted by Gasteiger charge is 2.03. The Balaban J connectivity index is 1.94. The second-order valence-corrected chi connectivity index (χ2v) is 6.19. The molecule has 2 aromatic rings. The molecule has 0 aromatic carbocycles. The van der Waals surface area contributed by atoms with Crippen LogP contribution in [0.3, 0.4) is 0 Å². The molecule has 2 rings (SSSR count). The summed E-state index contributed by atoms with van der Waals surface area (Å²) in [7, 11) is 0. The Kier molecular flexibility index (Phi) is 5.33. The number of rotatable bonds is 6. The molecule has 0 bridgehead atoms. The van der Waals surface area contributed by atoms with Gasteiger partial charge in [0, 0.05) is 53.2 Å². The molecule has 0 saturated heterocycles. The Morgan fingerprint density at radius 1 is 1.40 bits per heavy atom. The number of nitrogens with zero attached hydrogens (tertiary/aromatic N) is 2.